The highest BCUT2D eigenvalue weighted by Crippen LogP contribution is 2.27. The van der Waals surface area contributed by atoms with Crippen LogP contribution >= 0.6 is 0 Å². The van der Waals surface area contributed by atoms with Crippen LogP contribution in [0, 0.1) is 0 Å². The summed E-state index contributed by atoms with van der Waals surface area (Å²) >= 11 is 0. The van der Waals surface area contributed by atoms with E-state index >= 15 is 0 Å². The maximum Gasteiger partial charge on any atom is 0.252 e. The minimum Gasteiger partial charge on any atom is -0.373 e. The van der Waals surface area contributed by atoms with Gasteiger partial charge >= 0.3 is 0 Å². The summed E-state index contributed by atoms with van der Waals surface area (Å²) < 4.78 is 0. The fraction of sp³-hybridized carbons (Fsp3) is 0.300. The molecular weight excluding hydrogens is 300 g/mol. The molecule has 24 heavy (non-hydrogen) atoms. The lowest BCUT2D eigenvalue weighted by Crippen LogP contribution is -2.34. The van der Waals surface area contributed by atoms with Gasteiger partial charge in [-0.15, -0.1) is 0 Å². The molecule has 2 amide bonds. The van der Waals surface area contributed by atoms with E-state index in [1.807, 2.05) is 36.4 Å². The Bertz CT molecular complexity index is 785. The van der Waals surface area contributed by atoms with Gasteiger partial charge in [-0.25, -0.2) is 0 Å². The van der Waals surface area contributed by atoms with Crippen LogP contribution in [0.25, 0.3) is 0 Å². The molecule has 1 heterocycles. The number of imide groups is 1. The summed E-state index contributed by atoms with van der Waals surface area (Å²) in [6.07, 6.45) is 3.66. The van der Waals surface area contributed by atoms with Crippen LogP contribution in [0.3, 0.4) is 0 Å². The molecule has 4 rings (SSSR count). The van der Waals surface area contributed by atoms with Crippen molar-refractivity contribution in [3.8, 4) is 0 Å². The van der Waals surface area contributed by atoms with Crippen LogP contribution in [-0.2, 0) is 29.0 Å². The van der Waals surface area contributed by atoms with Crippen molar-refractivity contribution in [2.24, 2.45) is 0 Å². The molecule has 0 spiro atoms. The average Bonchev–Trinajstić information content (AvgIpc) is 3.16. The van der Waals surface area contributed by atoms with Crippen molar-refractivity contribution in [1.29, 1.82) is 0 Å². The number of rotatable bonds is 4. The molecule has 2 aromatic rings. The smallest absolute Gasteiger partial charge is 0.252 e. The average molecular weight is 320 g/mol. The first kappa shape index (κ1) is 14.9. The Morgan fingerprint density at radius 3 is 2.62 bits per heavy atom. The minimum absolute atomic E-state index is 0.109. The van der Waals surface area contributed by atoms with Crippen LogP contribution in [0.15, 0.2) is 48.5 Å². The van der Waals surface area contributed by atoms with E-state index in [0.717, 1.165) is 24.1 Å². The predicted octanol–water partition coefficient (Wildman–Crippen LogP) is 2.91. The number of hydrogen-bond acceptors (Lipinski definition) is 3. The molecule has 1 N–H and O–H groups in total. The Balaban J connectivity index is 1.47. The molecule has 1 unspecified atom stereocenters. The SMILES string of the molecule is O=C1CC(Nc2ccc3c(c2)CCC3)C(=O)N1Cc1ccccc1. The molecule has 4 nitrogen and oxygen atoms in total. The summed E-state index contributed by atoms with van der Waals surface area (Å²) in [5.41, 5.74) is 4.67. The number of carbonyl (C=O) groups is 2. The molecule has 0 aromatic heterocycles. The summed E-state index contributed by atoms with van der Waals surface area (Å²) in [6.45, 7) is 0.348. The maximum atomic E-state index is 12.6. The number of anilines is 1. The molecule has 0 radical (unpaired) electrons. The predicted molar refractivity (Wildman–Crippen MR) is 92.5 cm³/mol. The Labute approximate surface area is 141 Å². The van der Waals surface area contributed by atoms with Crippen molar-refractivity contribution in [1.82, 2.24) is 4.90 Å². The Morgan fingerprint density at radius 1 is 1.00 bits per heavy atom. The first-order valence-electron chi connectivity index (χ1n) is 8.47. The van der Waals surface area contributed by atoms with Gasteiger partial charge in [-0.3, -0.25) is 14.5 Å². The number of likely N-dealkylation sites (tertiary alicyclic amines) is 1. The highest BCUT2D eigenvalue weighted by atomic mass is 16.2. The summed E-state index contributed by atoms with van der Waals surface area (Å²) in [5, 5.41) is 3.25. The largest absolute Gasteiger partial charge is 0.373 e. The number of carbonyl (C=O) groups excluding carboxylic acids is 2. The van der Waals surface area contributed by atoms with E-state index in [1.165, 1.54) is 22.4 Å². The summed E-state index contributed by atoms with van der Waals surface area (Å²) in [7, 11) is 0. The lowest BCUT2D eigenvalue weighted by molar-refractivity contribution is -0.139. The number of benzene rings is 2. The second-order valence-electron chi connectivity index (χ2n) is 6.54. The van der Waals surface area contributed by atoms with Crippen LogP contribution in [0.5, 0.6) is 0 Å². The lowest BCUT2D eigenvalue weighted by atomic mass is 10.1. The molecule has 4 heteroatoms. The molecule has 1 aliphatic carbocycles. The molecule has 0 bridgehead atoms. The van der Waals surface area contributed by atoms with Crippen molar-refractivity contribution >= 4 is 17.5 Å². The zero-order valence-corrected chi connectivity index (χ0v) is 13.5. The van der Waals surface area contributed by atoms with Crippen LogP contribution in [0.1, 0.15) is 29.5 Å². The highest BCUT2D eigenvalue weighted by Gasteiger charge is 2.38. The first-order chi connectivity index (χ1) is 11.7. The zero-order chi connectivity index (χ0) is 16.5. The first-order valence-corrected chi connectivity index (χ1v) is 8.47. The normalized spacial score (nSPS) is 19.7. The number of aryl methyl sites for hydroxylation is 2. The summed E-state index contributed by atoms with van der Waals surface area (Å²) in [4.78, 5) is 26.2. The van der Waals surface area contributed by atoms with Crippen molar-refractivity contribution in [2.45, 2.75) is 38.3 Å². The molecule has 0 saturated carbocycles. The van der Waals surface area contributed by atoms with Crippen molar-refractivity contribution in [2.75, 3.05) is 5.32 Å². The van der Waals surface area contributed by atoms with E-state index in [0.29, 0.717) is 6.54 Å². The van der Waals surface area contributed by atoms with E-state index in [9.17, 15) is 9.59 Å². The fourth-order valence-corrected chi connectivity index (χ4v) is 3.59. The fourth-order valence-electron chi connectivity index (χ4n) is 3.59. The molecule has 2 aromatic carbocycles. The van der Waals surface area contributed by atoms with Gasteiger partial charge in [0.15, 0.2) is 0 Å². The van der Waals surface area contributed by atoms with Gasteiger partial charge in [0.2, 0.25) is 5.91 Å². The Hall–Kier alpha value is -2.62. The van der Waals surface area contributed by atoms with Crippen molar-refractivity contribution in [3.05, 3.63) is 65.2 Å². The number of hydrogen-bond donors (Lipinski definition) is 1. The molecule has 1 atom stereocenters. The van der Waals surface area contributed by atoms with E-state index < -0.39 is 6.04 Å². The van der Waals surface area contributed by atoms with E-state index in [2.05, 4.69) is 17.4 Å². The van der Waals surface area contributed by atoms with Crippen molar-refractivity contribution in [3.63, 3.8) is 0 Å². The topological polar surface area (TPSA) is 49.4 Å². The van der Waals surface area contributed by atoms with Gasteiger partial charge in [0.05, 0.1) is 13.0 Å². The molecular formula is C20H20N2O2. The third kappa shape index (κ3) is 2.80. The highest BCUT2D eigenvalue weighted by molar-refractivity contribution is 6.06. The molecule has 2 aliphatic rings. The van der Waals surface area contributed by atoms with Gasteiger partial charge in [0, 0.05) is 5.69 Å². The standard InChI is InChI=1S/C20H20N2O2/c23-19-12-18(20(24)22(19)13-14-5-2-1-3-6-14)21-17-10-9-15-7-4-8-16(15)11-17/h1-3,5-6,9-11,18,21H,4,7-8,12-13H2. The van der Waals surface area contributed by atoms with Crippen LogP contribution in [-0.4, -0.2) is 22.8 Å². The molecule has 1 saturated heterocycles. The quantitative estimate of drug-likeness (QED) is 0.881. The molecule has 1 aliphatic heterocycles. The van der Waals surface area contributed by atoms with Crippen LogP contribution in [0.4, 0.5) is 5.69 Å². The third-order valence-electron chi connectivity index (χ3n) is 4.87. The number of nitrogens with zero attached hydrogens (tertiary/aromatic N) is 1. The minimum atomic E-state index is -0.458. The summed E-state index contributed by atoms with van der Waals surface area (Å²) in [6, 6.07) is 15.4. The monoisotopic (exact) mass is 320 g/mol. The molecule has 1 fully saturated rings. The van der Waals surface area contributed by atoms with Gasteiger partial charge in [-0.1, -0.05) is 36.4 Å². The number of nitrogens with one attached hydrogen (secondary N) is 1. The van der Waals surface area contributed by atoms with Gasteiger partial charge in [-0.2, -0.15) is 0 Å². The zero-order valence-electron chi connectivity index (χ0n) is 13.5. The second kappa shape index (κ2) is 6.11. The van der Waals surface area contributed by atoms with Crippen LogP contribution in [0.2, 0.25) is 0 Å². The van der Waals surface area contributed by atoms with E-state index in [4.69, 9.17) is 0 Å². The third-order valence-corrected chi connectivity index (χ3v) is 4.87. The maximum absolute atomic E-state index is 12.6. The Morgan fingerprint density at radius 2 is 1.79 bits per heavy atom. The lowest BCUT2D eigenvalue weighted by Gasteiger charge is -2.16. The number of amides is 2. The second-order valence-corrected chi connectivity index (χ2v) is 6.54. The van der Waals surface area contributed by atoms with Gasteiger partial charge in [0.1, 0.15) is 6.04 Å². The van der Waals surface area contributed by atoms with Gasteiger partial charge in [0.25, 0.3) is 5.91 Å². The number of fused-ring (bicyclic) bond motifs is 1. The summed E-state index contributed by atoms with van der Waals surface area (Å²) in [5.74, 6) is -0.244. The molecule has 122 valence electrons. The van der Waals surface area contributed by atoms with Gasteiger partial charge < -0.3 is 5.32 Å². The van der Waals surface area contributed by atoms with E-state index in [-0.39, 0.29) is 18.2 Å². The van der Waals surface area contributed by atoms with E-state index in [1.54, 1.807) is 0 Å². The van der Waals surface area contributed by atoms with Crippen molar-refractivity contribution < 1.29 is 9.59 Å². The van der Waals surface area contributed by atoms with Gasteiger partial charge in [-0.05, 0) is 48.1 Å². The van der Waals surface area contributed by atoms with Crippen LogP contribution < -0.4 is 5.32 Å². The Kier molecular flexibility index (Phi) is 3.81.